The highest BCUT2D eigenvalue weighted by molar-refractivity contribution is 9.10. The maximum absolute atomic E-state index is 5.82. The van der Waals surface area contributed by atoms with Gasteiger partial charge in [-0.1, -0.05) is 15.9 Å². The molecule has 0 unspecified atom stereocenters. The van der Waals surface area contributed by atoms with Crippen molar-refractivity contribution in [3.63, 3.8) is 0 Å². The molecular weight excluding hydrogens is 286 g/mol. The van der Waals surface area contributed by atoms with E-state index in [1.54, 1.807) is 11.8 Å². The lowest BCUT2D eigenvalue weighted by Gasteiger charge is -2.14. The highest BCUT2D eigenvalue weighted by Crippen LogP contribution is 2.28. The van der Waals surface area contributed by atoms with Crippen LogP contribution in [0.4, 0.5) is 0 Å². The molecule has 0 amide bonds. The fourth-order valence-electron chi connectivity index (χ4n) is 1.57. The number of ether oxygens (including phenoxy) is 1. The third-order valence-corrected chi connectivity index (χ3v) is 3.30. The molecule has 1 aromatic carbocycles. The molecule has 0 aliphatic carbocycles. The molecule has 0 aliphatic rings. The van der Waals surface area contributed by atoms with Crippen molar-refractivity contribution in [1.29, 1.82) is 0 Å². The van der Waals surface area contributed by atoms with E-state index in [4.69, 9.17) is 10.5 Å². The zero-order valence-electron chi connectivity index (χ0n) is 9.75. The van der Waals surface area contributed by atoms with Gasteiger partial charge in [0.2, 0.25) is 0 Å². The van der Waals surface area contributed by atoms with Gasteiger partial charge in [-0.05, 0) is 49.4 Å². The standard InChI is InChI=1S/C12H18BrNOS/c1-9-7-11(13)8-10(3-4-14)12(9)15-5-6-16-2/h7-8H,3-6,14H2,1-2H3. The Kier molecular flexibility index (Phi) is 6.24. The summed E-state index contributed by atoms with van der Waals surface area (Å²) in [5.41, 5.74) is 7.97. The summed E-state index contributed by atoms with van der Waals surface area (Å²) in [6.45, 7) is 3.47. The Bertz CT molecular complexity index is 344. The molecule has 0 aromatic heterocycles. The fraction of sp³-hybridized carbons (Fsp3) is 0.500. The Morgan fingerprint density at radius 1 is 1.44 bits per heavy atom. The Labute approximate surface area is 110 Å². The van der Waals surface area contributed by atoms with E-state index < -0.39 is 0 Å². The predicted molar refractivity (Wildman–Crippen MR) is 75.5 cm³/mol. The van der Waals surface area contributed by atoms with E-state index >= 15 is 0 Å². The lowest BCUT2D eigenvalue weighted by molar-refractivity contribution is 0.338. The second-order valence-electron chi connectivity index (χ2n) is 3.59. The molecule has 1 rings (SSSR count). The van der Waals surface area contributed by atoms with Gasteiger partial charge in [-0.2, -0.15) is 11.8 Å². The van der Waals surface area contributed by atoms with Crippen LogP contribution in [-0.2, 0) is 6.42 Å². The first-order valence-corrected chi connectivity index (χ1v) is 7.48. The molecule has 0 saturated heterocycles. The van der Waals surface area contributed by atoms with Crippen LogP contribution in [0.15, 0.2) is 16.6 Å². The molecule has 90 valence electrons. The van der Waals surface area contributed by atoms with E-state index in [0.717, 1.165) is 29.0 Å². The molecule has 0 atom stereocenters. The zero-order chi connectivity index (χ0) is 12.0. The van der Waals surface area contributed by atoms with Gasteiger partial charge in [0.05, 0.1) is 6.61 Å². The van der Waals surface area contributed by atoms with Crippen LogP contribution in [-0.4, -0.2) is 25.2 Å². The molecule has 2 N–H and O–H groups in total. The normalized spacial score (nSPS) is 10.5. The predicted octanol–water partition coefficient (Wildman–Crippen LogP) is 3.00. The fourth-order valence-corrected chi connectivity index (χ4v) is 2.44. The maximum Gasteiger partial charge on any atom is 0.125 e. The quantitative estimate of drug-likeness (QED) is 0.821. The van der Waals surface area contributed by atoms with E-state index in [-0.39, 0.29) is 0 Å². The second kappa shape index (κ2) is 7.20. The molecule has 1 aromatic rings. The van der Waals surface area contributed by atoms with Gasteiger partial charge >= 0.3 is 0 Å². The van der Waals surface area contributed by atoms with Gasteiger partial charge in [0.15, 0.2) is 0 Å². The van der Waals surface area contributed by atoms with Gasteiger partial charge in [0.1, 0.15) is 5.75 Å². The molecule has 2 nitrogen and oxygen atoms in total. The van der Waals surface area contributed by atoms with Crippen LogP contribution in [0.2, 0.25) is 0 Å². The first kappa shape index (κ1) is 13.9. The monoisotopic (exact) mass is 303 g/mol. The van der Waals surface area contributed by atoms with E-state index in [0.29, 0.717) is 6.54 Å². The summed E-state index contributed by atoms with van der Waals surface area (Å²) in [6, 6.07) is 4.17. The van der Waals surface area contributed by atoms with Crippen molar-refractivity contribution in [2.75, 3.05) is 25.2 Å². The molecule has 0 fully saturated rings. The van der Waals surface area contributed by atoms with Crippen LogP contribution < -0.4 is 10.5 Å². The van der Waals surface area contributed by atoms with Crippen molar-refractivity contribution >= 4 is 27.7 Å². The third-order valence-electron chi connectivity index (χ3n) is 2.26. The lowest BCUT2D eigenvalue weighted by atomic mass is 10.1. The first-order valence-electron chi connectivity index (χ1n) is 5.30. The summed E-state index contributed by atoms with van der Waals surface area (Å²) in [5.74, 6) is 2.01. The van der Waals surface area contributed by atoms with Crippen molar-refractivity contribution in [3.8, 4) is 5.75 Å². The van der Waals surface area contributed by atoms with E-state index in [1.165, 1.54) is 11.1 Å². The highest BCUT2D eigenvalue weighted by Gasteiger charge is 2.08. The number of nitrogens with two attached hydrogens (primary N) is 1. The topological polar surface area (TPSA) is 35.2 Å². The van der Waals surface area contributed by atoms with Crippen molar-refractivity contribution in [2.45, 2.75) is 13.3 Å². The van der Waals surface area contributed by atoms with E-state index in [1.807, 2.05) is 0 Å². The molecule has 4 heteroatoms. The van der Waals surface area contributed by atoms with Crippen LogP contribution in [0.5, 0.6) is 5.75 Å². The first-order chi connectivity index (χ1) is 7.69. The summed E-state index contributed by atoms with van der Waals surface area (Å²) in [6.07, 6.45) is 2.94. The number of aryl methyl sites for hydroxylation is 1. The van der Waals surface area contributed by atoms with Crippen molar-refractivity contribution in [1.82, 2.24) is 0 Å². The van der Waals surface area contributed by atoms with Crippen LogP contribution in [0.3, 0.4) is 0 Å². The highest BCUT2D eigenvalue weighted by atomic mass is 79.9. The van der Waals surface area contributed by atoms with E-state index in [2.05, 4.69) is 41.2 Å². The number of benzene rings is 1. The molecule has 0 radical (unpaired) electrons. The molecular formula is C12H18BrNOS. The SMILES string of the molecule is CSCCOc1c(C)cc(Br)cc1CCN. The number of halogens is 1. The van der Waals surface area contributed by atoms with Crippen LogP contribution >= 0.6 is 27.7 Å². The van der Waals surface area contributed by atoms with Gasteiger partial charge in [-0.3, -0.25) is 0 Å². The third kappa shape index (κ3) is 4.00. The van der Waals surface area contributed by atoms with Crippen LogP contribution in [0.1, 0.15) is 11.1 Å². The summed E-state index contributed by atoms with van der Waals surface area (Å²) in [5, 5.41) is 0. The zero-order valence-corrected chi connectivity index (χ0v) is 12.2. The Balaban J connectivity index is 2.85. The Hall–Kier alpha value is -0.190. The summed E-state index contributed by atoms with van der Waals surface area (Å²) in [7, 11) is 0. The number of rotatable bonds is 6. The van der Waals surface area contributed by atoms with Crippen molar-refractivity contribution in [2.24, 2.45) is 5.73 Å². The summed E-state index contributed by atoms with van der Waals surface area (Å²) < 4.78 is 6.91. The average molecular weight is 304 g/mol. The minimum absolute atomic E-state index is 0.648. The van der Waals surface area contributed by atoms with E-state index in [9.17, 15) is 0 Å². The van der Waals surface area contributed by atoms with Gasteiger partial charge in [-0.15, -0.1) is 0 Å². The van der Waals surface area contributed by atoms with Gasteiger partial charge < -0.3 is 10.5 Å². The lowest BCUT2D eigenvalue weighted by Crippen LogP contribution is -2.08. The molecule has 0 bridgehead atoms. The molecule has 0 heterocycles. The smallest absolute Gasteiger partial charge is 0.125 e. The van der Waals surface area contributed by atoms with Gasteiger partial charge in [0, 0.05) is 10.2 Å². The minimum atomic E-state index is 0.648. The number of thioether (sulfide) groups is 1. The van der Waals surface area contributed by atoms with Gasteiger partial charge in [-0.25, -0.2) is 0 Å². The average Bonchev–Trinajstić information content (AvgIpc) is 2.22. The largest absolute Gasteiger partial charge is 0.492 e. The summed E-state index contributed by atoms with van der Waals surface area (Å²) in [4.78, 5) is 0. The Morgan fingerprint density at radius 3 is 2.81 bits per heavy atom. The number of hydrogen-bond acceptors (Lipinski definition) is 3. The van der Waals surface area contributed by atoms with Crippen LogP contribution in [0, 0.1) is 6.92 Å². The molecule has 0 aliphatic heterocycles. The van der Waals surface area contributed by atoms with Crippen molar-refractivity contribution in [3.05, 3.63) is 27.7 Å². The molecule has 16 heavy (non-hydrogen) atoms. The summed E-state index contributed by atoms with van der Waals surface area (Å²) >= 11 is 5.29. The molecule has 0 spiro atoms. The van der Waals surface area contributed by atoms with Crippen LogP contribution in [0.25, 0.3) is 0 Å². The Morgan fingerprint density at radius 2 is 2.19 bits per heavy atom. The van der Waals surface area contributed by atoms with Crippen molar-refractivity contribution < 1.29 is 4.74 Å². The molecule has 0 saturated carbocycles. The number of hydrogen-bond donors (Lipinski definition) is 1. The minimum Gasteiger partial charge on any atom is -0.492 e. The second-order valence-corrected chi connectivity index (χ2v) is 5.49. The maximum atomic E-state index is 5.82. The van der Waals surface area contributed by atoms with Gasteiger partial charge in [0.25, 0.3) is 0 Å².